The van der Waals surface area contributed by atoms with E-state index in [0.29, 0.717) is 24.2 Å². The SMILES string of the molecule is CN=C(NCc1noc(C)n1)N1CCN(Cc2ccc(C(C)C)cc2)CC1. The van der Waals surface area contributed by atoms with E-state index in [9.17, 15) is 0 Å². The van der Waals surface area contributed by atoms with Gasteiger partial charge >= 0.3 is 0 Å². The molecule has 27 heavy (non-hydrogen) atoms. The number of hydrogen-bond donors (Lipinski definition) is 1. The molecule has 0 unspecified atom stereocenters. The average molecular weight is 371 g/mol. The van der Waals surface area contributed by atoms with Crippen LogP contribution in [0.5, 0.6) is 0 Å². The predicted octanol–water partition coefficient (Wildman–Crippen LogP) is 2.39. The van der Waals surface area contributed by atoms with E-state index >= 15 is 0 Å². The molecule has 0 saturated carbocycles. The molecule has 7 nitrogen and oxygen atoms in total. The first kappa shape index (κ1) is 19.4. The maximum Gasteiger partial charge on any atom is 0.223 e. The molecule has 1 fully saturated rings. The van der Waals surface area contributed by atoms with Crippen LogP contribution >= 0.6 is 0 Å². The minimum Gasteiger partial charge on any atom is -0.349 e. The Bertz CT molecular complexity index is 744. The molecule has 0 spiro atoms. The third-order valence-corrected chi connectivity index (χ3v) is 4.91. The third kappa shape index (κ3) is 5.29. The van der Waals surface area contributed by atoms with Gasteiger partial charge in [0, 0.05) is 46.7 Å². The molecule has 1 aliphatic heterocycles. The molecule has 1 aromatic heterocycles. The minimum absolute atomic E-state index is 0.520. The minimum atomic E-state index is 0.520. The fourth-order valence-corrected chi connectivity index (χ4v) is 3.29. The van der Waals surface area contributed by atoms with Crippen molar-refractivity contribution in [2.45, 2.75) is 39.8 Å². The molecule has 0 radical (unpaired) electrons. The van der Waals surface area contributed by atoms with E-state index in [2.05, 4.69) is 68.4 Å². The molecule has 1 aliphatic rings. The Morgan fingerprint density at radius 1 is 1.19 bits per heavy atom. The summed E-state index contributed by atoms with van der Waals surface area (Å²) in [5.41, 5.74) is 2.78. The van der Waals surface area contributed by atoms with Crippen LogP contribution in [0.1, 0.15) is 42.6 Å². The van der Waals surface area contributed by atoms with Crippen LogP contribution in [0.25, 0.3) is 0 Å². The largest absolute Gasteiger partial charge is 0.349 e. The number of hydrogen-bond acceptors (Lipinski definition) is 5. The number of nitrogens with one attached hydrogen (secondary N) is 1. The van der Waals surface area contributed by atoms with Gasteiger partial charge in [-0.25, -0.2) is 0 Å². The topological polar surface area (TPSA) is 69.8 Å². The van der Waals surface area contributed by atoms with Gasteiger partial charge in [0.15, 0.2) is 11.8 Å². The fourth-order valence-electron chi connectivity index (χ4n) is 3.29. The molecule has 2 aromatic rings. The molecule has 7 heteroatoms. The lowest BCUT2D eigenvalue weighted by molar-refractivity contribution is 0.172. The van der Waals surface area contributed by atoms with Crippen LogP contribution in [0, 0.1) is 6.92 Å². The molecule has 0 atom stereocenters. The molecule has 2 heterocycles. The lowest BCUT2D eigenvalue weighted by Gasteiger charge is -2.36. The van der Waals surface area contributed by atoms with E-state index in [1.807, 2.05) is 7.05 Å². The quantitative estimate of drug-likeness (QED) is 0.644. The van der Waals surface area contributed by atoms with E-state index in [-0.39, 0.29) is 0 Å². The molecular formula is C20H30N6O. The van der Waals surface area contributed by atoms with Gasteiger partial charge in [-0.05, 0) is 17.0 Å². The molecule has 0 amide bonds. The summed E-state index contributed by atoms with van der Waals surface area (Å²) in [7, 11) is 1.81. The van der Waals surface area contributed by atoms with E-state index in [4.69, 9.17) is 4.52 Å². The zero-order valence-electron chi connectivity index (χ0n) is 16.8. The Kier molecular flexibility index (Phi) is 6.45. The lowest BCUT2D eigenvalue weighted by Crippen LogP contribution is -2.52. The monoisotopic (exact) mass is 370 g/mol. The second kappa shape index (κ2) is 8.99. The second-order valence-electron chi connectivity index (χ2n) is 7.29. The summed E-state index contributed by atoms with van der Waals surface area (Å²) >= 11 is 0. The van der Waals surface area contributed by atoms with Crippen LogP contribution in [-0.4, -0.2) is 59.1 Å². The van der Waals surface area contributed by atoms with Crippen molar-refractivity contribution in [1.82, 2.24) is 25.3 Å². The van der Waals surface area contributed by atoms with E-state index in [1.165, 1.54) is 11.1 Å². The van der Waals surface area contributed by atoms with Crippen molar-refractivity contribution < 1.29 is 4.52 Å². The van der Waals surface area contributed by atoms with Crippen molar-refractivity contribution >= 4 is 5.96 Å². The second-order valence-corrected chi connectivity index (χ2v) is 7.29. The normalized spacial score (nSPS) is 16.2. The molecular weight excluding hydrogens is 340 g/mol. The summed E-state index contributed by atoms with van der Waals surface area (Å²) in [6, 6.07) is 9.02. The first-order chi connectivity index (χ1) is 13.0. The number of rotatable bonds is 5. The Morgan fingerprint density at radius 3 is 2.44 bits per heavy atom. The molecule has 0 bridgehead atoms. The van der Waals surface area contributed by atoms with E-state index in [0.717, 1.165) is 38.7 Å². The van der Waals surface area contributed by atoms with Gasteiger partial charge in [0.2, 0.25) is 5.89 Å². The van der Waals surface area contributed by atoms with Crippen LogP contribution in [-0.2, 0) is 13.1 Å². The molecule has 146 valence electrons. The first-order valence-electron chi connectivity index (χ1n) is 9.61. The highest BCUT2D eigenvalue weighted by Gasteiger charge is 2.20. The highest BCUT2D eigenvalue weighted by Crippen LogP contribution is 2.16. The van der Waals surface area contributed by atoms with Gasteiger partial charge in [-0.15, -0.1) is 0 Å². The Morgan fingerprint density at radius 2 is 1.89 bits per heavy atom. The van der Waals surface area contributed by atoms with Crippen LogP contribution < -0.4 is 5.32 Å². The van der Waals surface area contributed by atoms with Crippen molar-refractivity contribution in [2.75, 3.05) is 33.2 Å². The Balaban J connectivity index is 1.47. The number of aromatic nitrogens is 2. The van der Waals surface area contributed by atoms with E-state index in [1.54, 1.807) is 6.92 Å². The van der Waals surface area contributed by atoms with Crippen LogP contribution in [0.4, 0.5) is 0 Å². The van der Waals surface area contributed by atoms with Gasteiger partial charge in [-0.2, -0.15) is 4.98 Å². The predicted molar refractivity (Wildman–Crippen MR) is 107 cm³/mol. The molecule has 1 saturated heterocycles. The molecule has 1 aromatic carbocycles. The van der Waals surface area contributed by atoms with Crippen molar-refractivity contribution in [3.8, 4) is 0 Å². The van der Waals surface area contributed by atoms with Crippen LogP contribution in [0.3, 0.4) is 0 Å². The van der Waals surface area contributed by atoms with Gasteiger partial charge in [0.25, 0.3) is 0 Å². The molecule has 1 N–H and O–H groups in total. The maximum atomic E-state index is 5.01. The summed E-state index contributed by atoms with van der Waals surface area (Å²) < 4.78 is 5.01. The number of aryl methyl sites for hydroxylation is 1. The average Bonchev–Trinajstić information content (AvgIpc) is 3.09. The summed E-state index contributed by atoms with van der Waals surface area (Å²) in [4.78, 5) is 13.4. The summed E-state index contributed by atoms with van der Waals surface area (Å²) in [6.07, 6.45) is 0. The van der Waals surface area contributed by atoms with Gasteiger partial charge in [0.05, 0.1) is 6.54 Å². The van der Waals surface area contributed by atoms with Crippen molar-refractivity contribution in [3.05, 3.63) is 47.1 Å². The zero-order chi connectivity index (χ0) is 19.2. The standard InChI is InChI=1S/C20H30N6O/c1-15(2)18-7-5-17(6-8-18)14-25-9-11-26(12-10-25)20(21-4)22-13-19-23-16(3)27-24-19/h5-8,15H,9-14H2,1-4H3,(H,21,22). The first-order valence-corrected chi connectivity index (χ1v) is 9.61. The smallest absolute Gasteiger partial charge is 0.223 e. The van der Waals surface area contributed by atoms with Crippen molar-refractivity contribution in [1.29, 1.82) is 0 Å². The van der Waals surface area contributed by atoms with Gasteiger partial charge in [-0.1, -0.05) is 43.3 Å². The Hall–Kier alpha value is -2.41. The molecule has 3 rings (SSSR count). The van der Waals surface area contributed by atoms with Crippen molar-refractivity contribution in [3.63, 3.8) is 0 Å². The fraction of sp³-hybridized carbons (Fsp3) is 0.550. The zero-order valence-corrected chi connectivity index (χ0v) is 16.8. The number of benzene rings is 1. The van der Waals surface area contributed by atoms with Gasteiger partial charge < -0.3 is 14.7 Å². The van der Waals surface area contributed by atoms with Gasteiger partial charge in [0.1, 0.15) is 0 Å². The van der Waals surface area contributed by atoms with Crippen LogP contribution in [0.15, 0.2) is 33.8 Å². The highest BCUT2D eigenvalue weighted by molar-refractivity contribution is 5.79. The van der Waals surface area contributed by atoms with Crippen LogP contribution in [0.2, 0.25) is 0 Å². The van der Waals surface area contributed by atoms with Crippen molar-refractivity contribution in [2.24, 2.45) is 4.99 Å². The summed E-state index contributed by atoms with van der Waals surface area (Å²) in [5, 5.41) is 7.24. The van der Waals surface area contributed by atoms with Gasteiger partial charge in [-0.3, -0.25) is 9.89 Å². The molecule has 0 aliphatic carbocycles. The van der Waals surface area contributed by atoms with E-state index < -0.39 is 0 Å². The summed E-state index contributed by atoms with van der Waals surface area (Å²) in [5.74, 6) is 2.70. The number of aliphatic imine (C=N–C) groups is 1. The number of guanidine groups is 1. The maximum absolute atomic E-state index is 5.01. The number of nitrogens with zero attached hydrogens (tertiary/aromatic N) is 5. The highest BCUT2D eigenvalue weighted by atomic mass is 16.5. The Labute approximate surface area is 161 Å². The lowest BCUT2D eigenvalue weighted by atomic mass is 10.0. The summed E-state index contributed by atoms with van der Waals surface area (Å²) in [6.45, 7) is 11.7. The number of piperazine rings is 1. The third-order valence-electron chi connectivity index (χ3n) is 4.91.